The predicted octanol–water partition coefficient (Wildman–Crippen LogP) is 3.86. The van der Waals surface area contributed by atoms with Crippen molar-refractivity contribution in [2.45, 2.75) is 127 Å². The molecule has 0 spiro atoms. The minimum Gasteiger partial charge on any atom is -0.458 e. The Morgan fingerprint density at radius 1 is 1.00 bits per heavy atom. The Morgan fingerprint density at radius 3 is 2.32 bits per heavy atom. The van der Waals surface area contributed by atoms with Gasteiger partial charge in [-0.3, -0.25) is 19.2 Å². The number of aliphatic hydroxyl groups is 1. The highest BCUT2D eigenvalue weighted by atomic mass is 19.4. The molecule has 1 aromatic carbocycles. The quantitative estimate of drug-likeness (QED) is 0.107. The van der Waals surface area contributed by atoms with E-state index >= 15 is 0 Å². The molecule has 3 aliphatic heterocycles. The second-order valence-corrected chi connectivity index (χ2v) is 14.1. The number of carbonyl (C=O) groups is 4. The van der Waals surface area contributed by atoms with E-state index in [0.29, 0.717) is 24.0 Å². The van der Waals surface area contributed by atoms with Gasteiger partial charge in [-0.1, -0.05) is 63.8 Å². The van der Waals surface area contributed by atoms with Crippen LogP contribution in [0.25, 0.3) is 6.08 Å². The number of unbranched alkanes of at least 4 members (excludes halogenated alkanes) is 4. The molecular weight excluding hydrogens is 703 g/mol. The molecule has 3 heterocycles. The summed E-state index contributed by atoms with van der Waals surface area (Å²) in [7, 11) is 0. The summed E-state index contributed by atoms with van der Waals surface area (Å²) in [6.07, 6.45) is 1.58. The maximum absolute atomic E-state index is 14.4. The number of alkyl halides is 3. The molecule has 6 atom stereocenters. The van der Waals surface area contributed by atoms with E-state index in [1.54, 1.807) is 24.3 Å². The topological polar surface area (TPSA) is 162 Å². The number of amides is 2. The molecule has 0 radical (unpaired) electrons. The Labute approximate surface area is 306 Å². The molecule has 4 aliphatic rings. The van der Waals surface area contributed by atoms with Gasteiger partial charge < -0.3 is 34.7 Å². The number of nitrogens with one attached hydrogen (secondary N) is 2. The largest absolute Gasteiger partial charge is 0.458 e. The minimum atomic E-state index is -4.63. The van der Waals surface area contributed by atoms with Gasteiger partial charge in [0.25, 0.3) is 0 Å². The molecule has 2 bridgehead atoms. The maximum atomic E-state index is 14.4. The Balaban J connectivity index is 1.39. The van der Waals surface area contributed by atoms with Crippen molar-refractivity contribution in [3.8, 4) is 0 Å². The summed E-state index contributed by atoms with van der Waals surface area (Å²) < 4.78 is 60.9. The van der Waals surface area contributed by atoms with Crippen molar-refractivity contribution in [3.63, 3.8) is 0 Å². The van der Waals surface area contributed by atoms with Gasteiger partial charge in [-0.15, -0.1) is 0 Å². The molecule has 0 unspecified atom stereocenters. The minimum absolute atomic E-state index is 0.0147. The van der Waals surface area contributed by atoms with Gasteiger partial charge in [-0.2, -0.15) is 18.2 Å². The Kier molecular flexibility index (Phi) is 13.6. The lowest BCUT2D eigenvalue weighted by Crippen LogP contribution is -2.69. The second-order valence-electron chi connectivity index (χ2n) is 14.1. The van der Waals surface area contributed by atoms with Crippen LogP contribution in [0.4, 0.5) is 13.2 Å². The first kappa shape index (κ1) is 40.6. The standard InChI is InChI=1S/C37H50F3N3O10/c1-3-5-7-16-35(17-8-6-4-2)51-29-26-21-36(34(48)42-18-15-27(45)41-19-20-44)31(33(47)50-26)43(53-32(36)30(29)52-35)22-25-11-9-24(10-12-25)13-14-28(46)49-23-37(38,39)40/h9-14,26,29-32,44H,3-8,15-23H2,1-2H3,(H,41,45)(H,42,48)/t26-,29+,30+,31-,32-,36-/m1/s1. The summed E-state index contributed by atoms with van der Waals surface area (Å²) in [5, 5.41) is 15.9. The molecular formula is C37H50F3N3O10. The van der Waals surface area contributed by atoms with Crippen LogP contribution >= 0.6 is 0 Å². The van der Waals surface area contributed by atoms with Crippen LogP contribution in [0.2, 0.25) is 0 Å². The molecule has 4 fully saturated rings. The number of halogens is 3. The number of benzene rings is 1. The number of fused-ring (bicyclic) bond motifs is 4. The van der Waals surface area contributed by atoms with Gasteiger partial charge >= 0.3 is 18.1 Å². The summed E-state index contributed by atoms with van der Waals surface area (Å²) >= 11 is 0. The van der Waals surface area contributed by atoms with Crippen molar-refractivity contribution in [3.05, 3.63) is 41.5 Å². The lowest BCUT2D eigenvalue weighted by atomic mass is 9.62. The van der Waals surface area contributed by atoms with Crippen LogP contribution in [0.1, 0.15) is 89.2 Å². The lowest BCUT2D eigenvalue weighted by molar-refractivity contribution is -0.224. The van der Waals surface area contributed by atoms with E-state index in [0.717, 1.165) is 44.6 Å². The number of rotatable bonds is 19. The molecule has 1 saturated carbocycles. The van der Waals surface area contributed by atoms with Crippen molar-refractivity contribution in [1.82, 2.24) is 15.7 Å². The number of hydrogen-bond acceptors (Lipinski definition) is 11. The summed E-state index contributed by atoms with van der Waals surface area (Å²) in [4.78, 5) is 58.8. The average molecular weight is 754 g/mol. The van der Waals surface area contributed by atoms with Crippen LogP contribution in [0.15, 0.2) is 30.3 Å². The van der Waals surface area contributed by atoms with E-state index in [4.69, 9.17) is 24.2 Å². The number of esters is 2. The smallest absolute Gasteiger partial charge is 0.422 e. The van der Waals surface area contributed by atoms with Crippen molar-refractivity contribution in [1.29, 1.82) is 0 Å². The number of nitrogens with zero attached hydrogens (tertiary/aromatic N) is 1. The van der Waals surface area contributed by atoms with Crippen LogP contribution < -0.4 is 10.6 Å². The maximum Gasteiger partial charge on any atom is 0.422 e. The fraction of sp³-hybridized carbons (Fsp3) is 0.676. The molecule has 1 aromatic rings. The summed E-state index contributed by atoms with van der Waals surface area (Å²) in [5.41, 5.74) is -0.261. The van der Waals surface area contributed by atoms with Crippen LogP contribution in [0, 0.1) is 5.41 Å². The van der Waals surface area contributed by atoms with Crippen molar-refractivity contribution < 1.29 is 61.2 Å². The molecule has 16 heteroatoms. The summed E-state index contributed by atoms with van der Waals surface area (Å²) in [5.74, 6) is -3.54. The van der Waals surface area contributed by atoms with E-state index in [1.807, 2.05) is 0 Å². The first-order chi connectivity index (χ1) is 25.3. The highest BCUT2D eigenvalue weighted by Crippen LogP contribution is 2.58. The van der Waals surface area contributed by atoms with Crippen LogP contribution in [-0.4, -0.2) is 103 Å². The van der Waals surface area contributed by atoms with Gasteiger partial charge in [-0.05, 0) is 30.0 Å². The molecule has 5 rings (SSSR count). The normalized spacial score (nSPS) is 27.4. The molecule has 3 saturated heterocycles. The Bertz CT molecular complexity index is 1460. The van der Waals surface area contributed by atoms with Gasteiger partial charge in [0, 0.05) is 44.8 Å². The van der Waals surface area contributed by atoms with Crippen LogP contribution in [-0.2, 0) is 49.5 Å². The Morgan fingerprint density at radius 2 is 1.68 bits per heavy atom. The van der Waals surface area contributed by atoms with Gasteiger partial charge in [-0.25, -0.2) is 4.79 Å². The zero-order valence-electron chi connectivity index (χ0n) is 30.2. The molecule has 294 valence electrons. The number of carbonyl (C=O) groups excluding carboxylic acids is 4. The summed E-state index contributed by atoms with van der Waals surface area (Å²) in [6, 6.07) is 5.51. The number of ether oxygens (including phenoxy) is 4. The van der Waals surface area contributed by atoms with Crippen molar-refractivity contribution in [2.75, 3.05) is 26.3 Å². The number of aliphatic hydroxyl groups excluding tert-OH is 1. The highest BCUT2D eigenvalue weighted by Gasteiger charge is 2.76. The zero-order chi connectivity index (χ0) is 38.2. The van der Waals surface area contributed by atoms with E-state index in [2.05, 4.69) is 29.2 Å². The monoisotopic (exact) mass is 753 g/mol. The number of hydroxylamine groups is 2. The summed E-state index contributed by atoms with van der Waals surface area (Å²) in [6.45, 7) is 2.45. The molecule has 3 N–H and O–H groups in total. The third kappa shape index (κ3) is 9.57. The van der Waals surface area contributed by atoms with Gasteiger partial charge in [0.05, 0.1) is 13.2 Å². The van der Waals surface area contributed by atoms with Crippen LogP contribution in [0.3, 0.4) is 0 Å². The van der Waals surface area contributed by atoms with Gasteiger partial charge in [0.15, 0.2) is 18.4 Å². The van der Waals surface area contributed by atoms with Crippen LogP contribution in [0.5, 0.6) is 0 Å². The second kappa shape index (κ2) is 17.7. The van der Waals surface area contributed by atoms with Gasteiger partial charge in [0.1, 0.15) is 29.8 Å². The van der Waals surface area contributed by atoms with E-state index in [9.17, 15) is 32.3 Å². The molecule has 1 aliphatic carbocycles. The van der Waals surface area contributed by atoms with Crippen molar-refractivity contribution in [2.24, 2.45) is 5.41 Å². The Hall–Kier alpha value is -3.57. The van der Waals surface area contributed by atoms with E-state index < -0.39 is 72.3 Å². The SMILES string of the molecule is CCCCCC1(CCCCC)O[C@@H]2[C@H](O1)[C@H]1ON(Cc3ccc(C=CC(=O)OCC(F)(F)F)cc3)[C@@H]3C(=O)O[C@@H]2C[C@]13C(=O)NCCC(=O)NCCO. The van der Waals surface area contributed by atoms with Crippen molar-refractivity contribution >= 4 is 29.8 Å². The molecule has 13 nitrogen and oxygen atoms in total. The molecule has 2 amide bonds. The fourth-order valence-corrected chi connectivity index (χ4v) is 7.71. The number of hydrogen-bond donors (Lipinski definition) is 3. The average Bonchev–Trinajstić information content (AvgIpc) is 3.68. The molecule has 53 heavy (non-hydrogen) atoms. The zero-order valence-corrected chi connectivity index (χ0v) is 30.2. The van der Waals surface area contributed by atoms with E-state index in [-0.39, 0.29) is 45.0 Å². The molecule has 0 aromatic heterocycles. The van der Waals surface area contributed by atoms with Gasteiger partial charge in [0.2, 0.25) is 11.8 Å². The third-order valence-electron chi connectivity index (χ3n) is 10.2. The lowest BCUT2D eigenvalue weighted by Gasteiger charge is -2.48. The fourth-order valence-electron chi connectivity index (χ4n) is 7.71. The predicted molar refractivity (Wildman–Crippen MR) is 182 cm³/mol. The van der Waals surface area contributed by atoms with E-state index in [1.165, 1.54) is 11.1 Å². The highest BCUT2D eigenvalue weighted by molar-refractivity contribution is 5.94. The first-order valence-electron chi connectivity index (χ1n) is 18.5. The third-order valence-corrected chi connectivity index (χ3v) is 10.2. The first-order valence-corrected chi connectivity index (χ1v) is 18.5.